The lowest BCUT2D eigenvalue weighted by Gasteiger charge is -2.05. The SMILES string of the molecule is COc1ccc(-c2cc3nccc(Cl)c3o2)cc1C. The van der Waals surface area contributed by atoms with Gasteiger partial charge in [-0.1, -0.05) is 11.6 Å². The predicted octanol–water partition coefficient (Wildman–Crippen LogP) is 4.47. The van der Waals surface area contributed by atoms with E-state index in [0.717, 1.165) is 28.2 Å². The number of aromatic nitrogens is 1. The topological polar surface area (TPSA) is 35.3 Å². The fourth-order valence-corrected chi connectivity index (χ4v) is 2.27. The Bertz CT molecular complexity index is 749. The van der Waals surface area contributed by atoms with E-state index in [1.807, 2.05) is 31.2 Å². The lowest BCUT2D eigenvalue weighted by atomic mass is 10.1. The number of hydrogen-bond acceptors (Lipinski definition) is 3. The van der Waals surface area contributed by atoms with Crippen LogP contribution >= 0.6 is 11.6 Å². The molecule has 0 fully saturated rings. The Hall–Kier alpha value is -2.00. The Kier molecular flexibility index (Phi) is 2.91. The van der Waals surface area contributed by atoms with Crippen molar-refractivity contribution in [2.45, 2.75) is 6.92 Å². The second-order valence-corrected chi connectivity index (χ2v) is 4.71. The van der Waals surface area contributed by atoms with Gasteiger partial charge >= 0.3 is 0 Å². The molecule has 3 nitrogen and oxygen atoms in total. The van der Waals surface area contributed by atoms with Gasteiger partial charge in [0, 0.05) is 17.8 Å². The van der Waals surface area contributed by atoms with Crippen LogP contribution in [0.15, 0.2) is 40.9 Å². The van der Waals surface area contributed by atoms with Crippen LogP contribution in [0.4, 0.5) is 0 Å². The van der Waals surface area contributed by atoms with Crippen molar-refractivity contribution in [1.29, 1.82) is 0 Å². The molecule has 19 heavy (non-hydrogen) atoms. The van der Waals surface area contributed by atoms with Crippen LogP contribution in [0.25, 0.3) is 22.4 Å². The number of fused-ring (bicyclic) bond motifs is 1. The van der Waals surface area contributed by atoms with Crippen molar-refractivity contribution in [3.8, 4) is 17.1 Å². The van der Waals surface area contributed by atoms with Crippen LogP contribution < -0.4 is 4.74 Å². The van der Waals surface area contributed by atoms with E-state index in [-0.39, 0.29) is 0 Å². The number of aryl methyl sites for hydroxylation is 1. The molecule has 1 aromatic carbocycles. The van der Waals surface area contributed by atoms with Gasteiger partial charge in [0.15, 0.2) is 5.58 Å². The van der Waals surface area contributed by atoms with Crippen molar-refractivity contribution in [2.75, 3.05) is 7.11 Å². The van der Waals surface area contributed by atoms with Crippen molar-refractivity contribution in [2.24, 2.45) is 0 Å². The zero-order chi connectivity index (χ0) is 13.4. The Balaban J connectivity index is 2.14. The molecule has 0 saturated heterocycles. The van der Waals surface area contributed by atoms with E-state index in [1.165, 1.54) is 0 Å². The molecule has 2 aromatic heterocycles. The molecule has 0 atom stereocenters. The molecule has 0 bridgehead atoms. The van der Waals surface area contributed by atoms with E-state index in [0.29, 0.717) is 10.6 Å². The minimum atomic E-state index is 0.571. The number of methoxy groups -OCH3 is 1. The summed E-state index contributed by atoms with van der Waals surface area (Å²) in [6, 6.07) is 9.51. The highest BCUT2D eigenvalue weighted by atomic mass is 35.5. The zero-order valence-corrected chi connectivity index (χ0v) is 11.4. The quantitative estimate of drug-likeness (QED) is 0.691. The van der Waals surface area contributed by atoms with Gasteiger partial charge in [0.1, 0.15) is 17.0 Å². The van der Waals surface area contributed by atoms with Crippen LogP contribution in [0, 0.1) is 6.92 Å². The summed E-state index contributed by atoms with van der Waals surface area (Å²) in [7, 11) is 1.66. The highest BCUT2D eigenvalue weighted by molar-refractivity contribution is 6.34. The number of furan rings is 1. The highest BCUT2D eigenvalue weighted by Gasteiger charge is 2.10. The maximum Gasteiger partial charge on any atom is 0.171 e. The Labute approximate surface area is 115 Å². The molecule has 2 heterocycles. The highest BCUT2D eigenvalue weighted by Crippen LogP contribution is 2.32. The molecule has 0 aliphatic carbocycles. The number of ether oxygens (including phenoxy) is 1. The van der Waals surface area contributed by atoms with Gasteiger partial charge in [-0.25, -0.2) is 0 Å². The Morgan fingerprint density at radius 1 is 1.21 bits per heavy atom. The van der Waals surface area contributed by atoms with Crippen molar-refractivity contribution in [3.63, 3.8) is 0 Å². The third-order valence-corrected chi connectivity index (χ3v) is 3.34. The first-order valence-corrected chi connectivity index (χ1v) is 6.26. The molecular weight excluding hydrogens is 262 g/mol. The molecule has 3 aromatic rings. The first-order chi connectivity index (χ1) is 9.19. The molecule has 0 amide bonds. The van der Waals surface area contributed by atoms with Gasteiger partial charge in [0.2, 0.25) is 0 Å². The Morgan fingerprint density at radius 2 is 2.05 bits per heavy atom. The molecule has 0 unspecified atom stereocenters. The summed E-state index contributed by atoms with van der Waals surface area (Å²) in [4.78, 5) is 4.24. The summed E-state index contributed by atoms with van der Waals surface area (Å²) in [6.45, 7) is 2.00. The van der Waals surface area contributed by atoms with Crippen molar-refractivity contribution < 1.29 is 9.15 Å². The van der Waals surface area contributed by atoms with E-state index < -0.39 is 0 Å². The minimum absolute atomic E-state index is 0.571. The summed E-state index contributed by atoms with van der Waals surface area (Å²) in [5.74, 6) is 1.61. The average Bonchev–Trinajstić information content (AvgIpc) is 2.84. The van der Waals surface area contributed by atoms with Gasteiger partial charge in [-0.3, -0.25) is 4.98 Å². The summed E-state index contributed by atoms with van der Waals surface area (Å²) in [5, 5.41) is 0.571. The number of hydrogen-bond donors (Lipinski definition) is 0. The van der Waals surface area contributed by atoms with Gasteiger partial charge in [0.25, 0.3) is 0 Å². The monoisotopic (exact) mass is 273 g/mol. The van der Waals surface area contributed by atoms with E-state index in [1.54, 1.807) is 19.4 Å². The summed E-state index contributed by atoms with van der Waals surface area (Å²) in [6.07, 6.45) is 1.67. The van der Waals surface area contributed by atoms with Gasteiger partial charge < -0.3 is 9.15 Å². The smallest absolute Gasteiger partial charge is 0.171 e. The minimum Gasteiger partial charge on any atom is -0.496 e. The number of nitrogens with zero attached hydrogens (tertiary/aromatic N) is 1. The molecule has 0 aliphatic heterocycles. The van der Waals surface area contributed by atoms with Crippen LogP contribution in [0.1, 0.15) is 5.56 Å². The molecule has 0 N–H and O–H groups in total. The summed E-state index contributed by atoms with van der Waals surface area (Å²) in [5.41, 5.74) is 3.41. The third-order valence-electron chi connectivity index (χ3n) is 3.04. The average molecular weight is 274 g/mol. The van der Waals surface area contributed by atoms with Crippen molar-refractivity contribution >= 4 is 22.7 Å². The van der Waals surface area contributed by atoms with Crippen LogP contribution in [0.5, 0.6) is 5.75 Å². The third kappa shape index (κ3) is 2.06. The second kappa shape index (κ2) is 4.59. The predicted molar refractivity (Wildman–Crippen MR) is 75.7 cm³/mol. The van der Waals surface area contributed by atoms with E-state index >= 15 is 0 Å². The van der Waals surface area contributed by atoms with Crippen molar-refractivity contribution in [3.05, 3.63) is 47.1 Å². The molecular formula is C15H12ClNO2. The maximum atomic E-state index is 6.08. The molecule has 0 spiro atoms. The number of pyridine rings is 1. The molecule has 4 heteroatoms. The van der Waals surface area contributed by atoms with Gasteiger partial charge in [-0.2, -0.15) is 0 Å². The van der Waals surface area contributed by atoms with Gasteiger partial charge in [0.05, 0.1) is 12.1 Å². The molecule has 0 aliphatic rings. The number of halogens is 1. The largest absolute Gasteiger partial charge is 0.496 e. The molecule has 96 valence electrons. The van der Waals surface area contributed by atoms with E-state index in [9.17, 15) is 0 Å². The first-order valence-electron chi connectivity index (χ1n) is 5.88. The number of rotatable bonds is 2. The second-order valence-electron chi connectivity index (χ2n) is 4.30. The lowest BCUT2D eigenvalue weighted by Crippen LogP contribution is -1.86. The lowest BCUT2D eigenvalue weighted by molar-refractivity contribution is 0.411. The van der Waals surface area contributed by atoms with Crippen LogP contribution in [-0.2, 0) is 0 Å². The zero-order valence-electron chi connectivity index (χ0n) is 10.6. The van der Waals surface area contributed by atoms with Crippen molar-refractivity contribution in [1.82, 2.24) is 4.98 Å². The standard InChI is InChI=1S/C15H12ClNO2/c1-9-7-10(3-4-13(9)18-2)14-8-12-15(19-14)11(16)5-6-17-12/h3-8H,1-2H3. The fourth-order valence-electron chi connectivity index (χ4n) is 2.08. The first kappa shape index (κ1) is 12.1. The van der Waals surface area contributed by atoms with E-state index in [2.05, 4.69) is 4.98 Å². The van der Waals surface area contributed by atoms with Crippen LogP contribution in [-0.4, -0.2) is 12.1 Å². The summed E-state index contributed by atoms with van der Waals surface area (Å²) >= 11 is 6.08. The number of benzene rings is 1. The van der Waals surface area contributed by atoms with Gasteiger partial charge in [-0.05, 0) is 36.8 Å². The normalized spacial score (nSPS) is 10.9. The fraction of sp³-hybridized carbons (Fsp3) is 0.133. The van der Waals surface area contributed by atoms with Crippen LogP contribution in [0.3, 0.4) is 0 Å². The van der Waals surface area contributed by atoms with Crippen LogP contribution in [0.2, 0.25) is 5.02 Å². The Morgan fingerprint density at radius 3 is 2.74 bits per heavy atom. The summed E-state index contributed by atoms with van der Waals surface area (Å²) < 4.78 is 11.0. The van der Waals surface area contributed by atoms with E-state index in [4.69, 9.17) is 20.8 Å². The molecule has 0 saturated carbocycles. The molecule has 3 rings (SSSR count). The maximum absolute atomic E-state index is 6.08. The molecule has 0 radical (unpaired) electrons. The van der Waals surface area contributed by atoms with Gasteiger partial charge in [-0.15, -0.1) is 0 Å².